The molecule has 0 fully saturated rings. The van der Waals surface area contributed by atoms with Crippen LogP contribution in [-0.4, -0.2) is 30.9 Å². The van der Waals surface area contributed by atoms with Gasteiger partial charge in [-0.15, -0.1) is 0 Å². The molecule has 0 aromatic heterocycles. The summed E-state index contributed by atoms with van der Waals surface area (Å²) >= 11 is 0. The summed E-state index contributed by atoms with van der Waals surface area (Å²) in [4.78, 5) is 0. The molecular weight excluding hydrogens is 226 g/mol. The first-order chi connectivity index (χ1) is 8.56. The summed E-state index contributed by atoms with van der Waals surface area (Å²) in [5.74, 6) is 1.32. The third-order valence-corrected chi connectivity index (χ3v) is 3.20. The van der Waals surface area contributed by atoms with Crippen molar-refractivity contribution in [2.24, 2.45) is 5.92 Å². The molecule has 0 radical (unpaired) electrons. The second kappa shape index (κ2) is 7.39. The van der Waals surface area contributed by atoms with Crippen molar-refractivity contribution in [2.75, 3.05) is 13.7 Å². The first-order valence-electron chi connectivity index (χ1n) is 6.56. The number of ether oxygens (including phenoxy) is 1. The molecule has 102 valence electrons. The molecule has 2 N–H and O–H groups in total. The van der Waals surface area contributed by atoms with Crippen LogP contribution in [-0.2, 0) is 6.42 Å². The minimum Gasteiger partial charge on any atom is -0.497 e. The maximum absolute atomic E-state index is 9.30. The van der Waals surface area contributed by atoms with Gasteiger partial charge in [-0.05, 0) is 37.0 Å². The normalized spacial score (nSPS) is 14.6. The Balaban J connectivity index is 2.50. The lowest BCUT2D eigenvalue weighted by Crippen LogP contribution is -2.43. The van der Waals surface area contributed by atoms with Gasteiger partial charge in [-0.3, -0.25) is 0 Å². The predicted octanol–water partition coefficient (Wildman–Crippen LogP) is 2.23. The van der Waals surface area contributed by atoms with E-state index < -0.39 is 0 Å². The average Bonchev–Trinajstić information content (AvgIpc) is 2.36. The number of rotatable bonds is 7. The molecule has 0 bridgehead atoms. The van der Waals surface area contributed by atoms with Crippen LogP contribution in [0.5, 0.6) is 5.75 Å². The number of benzene rings is 1. The van der Waals surface area contributed by atoms with E-state index in [4.69, 9.17) is 4.74 Å². The number of nitrogens with one attached hydrogen (secondary N) is 1. The van der Waals surface area contributed by atoms with Crippen molar-refractivity contribution >= 4 is 0 Å². The van der Waals surface area contributed by atoms with Crippen molar-refractivity contribution in [1.29, 1.82) is 0 Å². The molecule has 0 amide bonds. The number of hydrogen-bond donors (Lipinski definition) is 2. The fourth-order valence-corrected chi connectivity index (χ4v) is 2.00. The van der Waals surface area contributed by atoms with Gasteiger partial charge in [-0.2, -0.15) is 0 Å². The second-order valence-corrected chi connectivity index (χ2v) is 5.15. The standard InChI is InChI=1S/C15H25NO2/c1-11(2)15(10-17)16-12(3)9-13-5-7-14(18-4)8-6-13/h5-8,11-12,15-17H,9-10H2,1-4H3. The maximum atomic E-state index is 9.30. The Hall–Kier alpha value is -1.06. The zero-order valence-corrected chi connectivity index (χ0v) is 11.8. The van der Waals surface area contributed by atoms with Crippen LogP contribution in [0.15, 0.2) is 24.3 Å². The zero-order chi connectivity index (χ0) is 13.5. The van der Waals surface area contributed by atoms with Gasteiger partial charge in [0.25, 0.3) is 0 Å². The minimum absolute atomic E-state index is 0.165. The number of hydrogen-bond acceptors (Lipinski definition) is 3. The van der Waals surface area contributed by atoms with Gasteiger partial charge in [0.05, 0.1) is 13.7 Å². The highest BCUT2D eigenvalue weighted by Crippen LogP contribution is 2.13. The predicted molar refractivity (Wildman–Crippen MR) is 75.0 cm³/mol. The second-order valence-electron chi connectivity index (χ2n) is 5.15. The quantitative estimate of drug-likeness (QED) is 0.781. The Bertz CT molecular complexity index is 335. The average molecular weight is 251 g/mol. The topological polar surface area (TPSA) is 41.5 Å². The lowest BCUT2D eigenvalue weighted by atomic mass is 10.0. The van der Waals surface area contributed by atoms with Crippen molar-refractivity contribution in [1.82, 2.24) is 5.32 Å². The van der Waals surface area contributed by atoms with Crippen molar-refractivity contribution < 1.29 is 9.84 Å². The first-order valence-corrected chi connectivity index (χ1v) is 6.56. The van der Waals surface area contributed by atoms with Gasteiger partial charge in [-0.1, -0.05) is 26.0 Å². The fourth-order valence-electron chi connectivity index (χ4n) is 2.00. The van der Waals surface area contributed by atoms with Gasteiger partial charge >= 0.3 is 0 Å². The molecule has 0 spiro atoms. The minimum atomic E-state index is 0.165. The molecule has 2 unspecified atom stereocenters. The highest BCUT2D eigenvalue weighted by atomic mass is 16.5. The summed E-state index contributed by atoms with van der Waals surface area (Å²) in [6, 6.07) is 8.64. The summed E-state index contributed by atoms with van der Waals surface area (Å²) < 4.78 is 5.14. The smallest absolute Gasteiger partial charge is 0.118 e. The van der Waals surface area contributed by atoms with Crippen LogP contribution in [0.25, 0.3) is 0 Å². The van der Waals surface area contributed by atoms with E-state index in [1.54, 1.807) is 7.11 Å². The third-order valence-electron chi connectivity index (χ3n) is 3.20. The molecule has 3 nitrogen and oxygen atoms in total. The van der Waals surface area contributed by atoms with Gasteiger partial charge in [0.15, 0.2) is 0 Å². The van der Waals surface area contributed by atoms with Gasteiger partial charge in [0.1, 0.15) is 5.75 Å². The van der Waals surface area contributed by atoms with Crippen LogP contribution in [0.1, 0.15) is 26.3 Å². The highest BCUT2D eigenvalue weighted by molar-refractivity contribution is 5.27. The molecule has 0 saturated heterocycles. The molecule has 0 heterocycles. The summed E-state index contributed by atoms with van der Waals surface area (Å²) in [6.45, 7) is 6.57. The van der Waals surface area contributed by atoms with E-state index in [0.717, 1.165) is 12.2 Å². The molecule has 1 aromatic carbocycles. The molecule has 3 heteroatoms. The highest BCUT2D eigenvalue weighted by Gasteiger charge is 2.14. The van der Waals surface area contributed by atoms with Gasteiger partial charge in [0.2, 0.25) is 0 Å². The molecule has 1 aromatic rings. The Morgan fingerprint density at radius 1 is 1.17 bits per heavy atom. The zero-order valence-electron chi connectivity index (χ0n) is 11.8. The van der Waals surface area contributed by atoms with E-state index in [1.807, 2.05) is 12.1 Å². The van der Waals surface area contributed by atoms with Crippen LogP contribution in [0.4, 0.5) is 0 Å². The summed E-state index contributed by atoms with van der Waals surface area (Å²) in [7, 11) is 1.67. The van der Waals surface area contributed by atoms with Crippen LogP contribution in [0.2, 0.25) is 0 Å². The molecule has 0 saturated carbocycles. The summed E-state index contributed by atoms with van der Waals surface area (Å²) in [5, 5.41) is 12.8. The molecule has 1 rings (SSSR count). The molecule has 18 heavy (non-hydrogen) atoms. The van der Waals surface area contributed by atoms with Crippen LogP contribution < -0.4 is 10.1 Å². The Kier molecular flexibility index (Phi) is 6.16. The lowest BCUT2D eigenvalue weighted by molar-refractivity contribution is 0.201. The lowest BCUT2D eigenvalue weighted by Gasteiger charge is -2.24. The molecule has 0 aliphatic heterocycles. The molecule has 0 aliphatic carbocycles. The van der Waals surface area contributed by atoms with E-state index in [0.29, 0.717) is 12.0 Å². The molecule has 2 atom stereocenters. The monoisotopic (exact) mass is 251 g/mol. The Labute approximate surface area is 110 Å². The van der Waals surface area contributed by atoms with E-state index in [9.17, 15) is 5.11 Å². The Morgan fingerprint density at radius 2 is 1.78 bits per heavy atom. The third kappa shape index (κ3) is 4.67. The van der Waals surface area contributed by atoms with E-state index >= 15 is 0 Å². The van der Waals surface area contributed by atoms with Gasteiger partial charge in [-0.25, -0.2) is 0 Å². The van der Waals surface area contributed by atoms with Crippen molar-refractivity contribution in [3.05, 3.63) is 29.8 Å². The number of aliphatic hydroxyl groups excluding tert-OH is 1. The van der Waals surface area contributed by atoms with Crippen molar-refractivity contribution in [3.8, 4) is 5.75 Å². The van der Waals surface area contributed by atoms with E-state index in [2.05, 4.69) is 38.2 Å². The van der Waals surface area contributed by atoms with Crippen LogP contribution in [0, 0.1) is 5.92 Å². The fraction of sp³-hybridized carbons (Fsp3) is 0.600. The molecular formula is C15H25NO2. The maximum Gasteiger partial charge on any atom is 0.118 e. The summed E-state index contributed by atoms with van der Waals surface area (Å²) in [5.41, 5.74) is 1.27. The van der Waals surface area contributed by atoms with Crippen LogP contribution in [0.3, 0.4) is 0 Å². The van der Waals surface area contributed by atoms with E-state index in [-0.39, 0.29) is 12.6 Å². The first kappa shape index (κ1) is 15.0. The number of methoxy groups -OCH3 is 1. The summed E-state index contributed by atoms with van der Waals surface area (Å²) in [6.07, 6.45) is 0.952. The SMILES string of the molecule is COc1ccc(CC(C)NC(CO)C(C)C)cc1. The van der Waals surface area contributed by atoms with Crippen LogP contribution >= 0.6 is 0 Å². The van der Waals surface area contributed by atoms with Crippen molar-refractivity contribution in [2.45, 2.75) is 39.3 Å². The van der Waals surface area contributed by atoms with Gasteiger partial charge in [0, 0.05) is 12.1 Å². The van der Waals surface area contributed by atoms with E-state index in [1.165, 1.54) is 5.56 Å². The molecule has 0 aliphatic rings. The largest absolute Gasteiger partial charge is 0.497 e. The Morgan fingerprint density at radius 3 is 2.22 bits per heavy atom. The number of aliphatic hydroxyl groups is 1. The van der Waals surface area contributed by atoms with Crippen molar-refractivity contribution in [3.63, 3.8) is 0 Å². The van der Waals surface area contributed by atoms with Gasteiger partial charge < -0.3 is 15.2 Å².